The molecular formula is C38H36F4N6O3. The standard InChI is InChI=1S/C38H36F4N6O3/c1-25-16-31(47-14-12-46(13-15-47)30-6-2-27(3-7-30)37(49)45-35-10-5-29(40)18-34(35)42)8-11-36(25)50-20-26-19-38(51-21-26,22-48-24-43-23-44-48)32-9-4-28(39)17-33(32)41/h2-11,16-18,23-24,26H,12-15,19-22H2,1H3,(H,45,49)/t26-,38+/m1/s1. The number of anilines is 3. The molecular weight excluding hydrogens is 664 g/mol. The minimum atomic E-state index is -1.04. The lowest BCUT2D eigenvalue weighted by molar-refractivity contribution is -0.0206. The second-order valence-electron chi connectivity index (χ2n) is 13.0. The van der Waals surface area contributed by atoms with Gasteiger partial charge < -0.3 is 24.6 Å². The van der Waals surface area contributed by atoms with Gasteiger partial charge in [0.15, 0.2) is 0 Å². The molecule has 1 aromatic heterocycles. The molecule has 2 atom stereocenters. The number of hydrogen-bond donors (Lipinski definition) is 1. The average molecular weight is 701 g/mol. The van der Waals surface area contributed by atoms with E-state index in [1.54, 1.807) is 23.1 Å². The highest BCUT2D eigenvalue weighted by Gasteiger charge is 2.44. The third-order valence-electron chi connectivity index (χ3n) is 9.47. The van der Waals surface area contributed by atoms with Crippen molar-refractivity contribution >= 4 is 23.0 Å². The van der Waals surface area contributed by atoms with E-state index in [9.17, 15) is 22.4 Å². The predicted molar refractivity (Wildman–Crippen MR) is 184 cm³/mol. The van der Waals surface area contributed by atoms with Crippen LogP contribution in [0, 0.1) is 36.1 Å². The van der Waals surface area contributed by atoms with E-state index < -0.39 is 34.8 Å². The molecule has 13 heteroatoms. The molecule has 5 aromatic rings. The van der Waals surface area contributed by atoms with Crippen molar-refractivity contribution in [2.75, 3.05) is 54.5 Å². The number of benzene rings is 4. The minimum Gasteiger partial charge on any atom is -0.493 e. The van der Waals surface area contributed by atoms with Gasteiger partial charge in [0.2, 0.25) is 0 Å². The lowest BCUT2D eigenvalue weighted by Gasteiger charge is -2.37. The van der Waals surface area contributed by atoms with Crippen LogP contribution in [0.15, 0.2) is 91.5 Å². The predicted octanol–water partition coefficient (Wildman–Crippen LogP) is 6.73. The Morgan fingerprint density at radius 3 is 2.24 bits per heavy atom. The monoisotopic (exact) mass is 700 g/mol. The molecule has 2 saturated heterocycles. The van der Waals surface area contributed by atoms with Crippen LogP contribution in [0.1, 0.15) is 27.9 Å². The van der Waals surface area contributed by atoms with Gasteiger partial charge in [0.05, 0.1) is 25.4 Å². The van der Waals surface area contributed by atoms with Crippen LogP contribution in [0.2, 0.25) is 0 Å². The van der Waals surface area contributed by atoms with Crippen molar-refractivity contribution in [3.8, 4) is 5.75 Å². The van der Waals surface area contributed by atoms with Gasteiger partial charge in [-0.1, -0.05) is 6.07 Å². The maximum atomic E-state index is 15.0. The molecule has 1 N–H and O–H groups in total. The van der Waals surface area contributed by atoms with Crippen molar-refractivity contribution in [3.63, 3.8) is 0 Å². The molecule has 51 heavy (non-hydrogen) atoms. The number of ether oxygens (including phenoxy) is 2. The lowest BCUT2D eigenvalue weighted by atomic mass is 9.87. The van der Waals surface area contributed by atoms with Gasteiger partial charge in [0.25, 0.3) is 5.91 Å². The van der Waals surface area contributed by atoms with Crippen LogP contribution in [-0.2, 0) is 16.9 Å². The van der Waals surface area contributed by atoms with Gasteiger partial charge in [-0.05, 0) is 79.6 Å². The van der Waals surface area contributed by atoms with E-state index in [2.05, 4.69) is 31.3 Å². The Bertz CT molecular complexity index is 2000. The first-order valence-electron chi connectivity index (χ1n) is 16.7. The van der Waals surface area contributed by atoms with E-state index in [1.807, 2.05) is 31.2 Å². The number of aromatic nitrogens is 3. The van der Waals surface area contributed by atoms with E-state index >= 15 is 0 Å². The lowest BCUT2D eigenvalue weighted by Crippen LogP contribution is -2.46. The number of rotatable bonds is 10. The third kappa shape index (κ3) is 7.53. The number of halogens is 4. The molecule has 4 aromatic carbocycles. The zero-order valence-electron chi connectivity index (χ0n) is 27.9. The van der Waals surface area contributed by atoms with Crippen molar-refractivity contribution < 1.29 is 31.8 Å². The first kappa shape index (κ1) is 34.0. The van der Waals surface area contributed by atoms with Crippen molar-refractivity contribution in [3.05, 3.63) is 131 Å². The van der Waals surface area contributed by atoms with E-state index in [1.165, 1.54) is 24.5 Å². The van der Waals surface area contributed by atoms with E-state index in [-0.39, 0.29) is 23.7 Å². The van der Waals surface area contributed by atoms with Gasteiger partial charge in [-0.3, -0.25) is 4.79 Å². The summed E-state index contributed by atoms with van der Waals surface area (Å²) in [5.41, 5.74) is 2.58. The fourth-order valence-electron chi connectivity index (χ4n) is 6.82. The molecule has 1 amide bonds. The second-order valence-corrected chi connectivity index (χ2v) is 13.0. The summed E-state index contributed by atoms with van der Waals surface area (Å²) in [6.07, 6.45) is 3.41. The van der Waals surface area contributed by atoms with Gasteiger partial charge in [0.1, 0.15) is 47.3 Å². The highest BCUT2D eigenvalue weighted by Crippen LogP contribution is 2.42. The molecule has 2 fully saturated rings. The van der Waals surface area contributed by atoms with Gasteiger partial charge in [-0.25, -0.2) is 27.2 Å². The van der Waals surface area contributed by atoms with Gasteiger partial charge in [0, 0.05) is 66.7 Å². The van der Waals surface area contributed by atoms with Crippen LogP contribution in [0.4, 0.5) is 34.6 Å². The molecule has 0 aliphatic carbocycles. The second kappa shape index (κ2) is 14.4. The van der Waals surface area contributed by atoms with Crippen LogP contribution < -0.4 is 19.9 Å². The maximum absolute atomic E-state index is 15.0. The molecule has 0 bridgehead atoms. The van der Waals surface area contributed by atoms with Crippen LogP contribution >= 0.6 is 0 Å². The summed E-state index contributed by atoms with van der Waals surface area (Å²) in [5, 5.41) is 6.66. The summed E-state index contributed by atoms with van der Waals surface area (Å²) < 4.78 is 70.0. The molecule has 0 unspecified atom stereocenters. The molecule has 264 valence electrons. The number of nitrogens with zero attached hydrogens (tertiary/aromatic N) is 5. The van der Waals surface area contributed by atoms with Crippen molar-refractivity contribution in [2.45, 2.75) is 25.5 Å². The number of nitrogens with one attached hydrogen (secondary N) is 1. The fourth-order valence-corrected chi connectivity index (χ4v) is 6.82. The first-order valence-corrected chi connectivity index (χ1v) is 16.7. The fraction of sp³-hybridized carbons (Fsp3) is 0.289. The van der Waals surface area contributed by atoms with Gasteiger partial charge >= 0.3 is 0 Å². The normalized spacial score (nSPS) is 19.0. The molecule has 0 saturated carbocycles. The van der Waals surface area contributed by atoms with Crippen molar-refractivity contribution in [1.29, 1.82) is 0 Å². The summed E-state index contributed by atoms with van der Waals surface area (Å²) in [7, 11) is 0. The van der Waals surface area contributed by atoms with Crippen molar-refractivity contribution in [2.24, 2.45) is 5.92 Å². The average Bonchev–Trinajstić information content (AvgIpc) is 3.79. The molecule has 2 aliphatic heterocycles. The van der Waals surface area contributed by atoms with Crippen molar-refractivity contribution in [1.82, 2.24) is 14.8 Å². The Hall–Kier alpha value is -5.43. The summed E-state index contributed by atoms with van der Waals surface area (Å²) in [5.74, 6) is -2.62. The smallest absolute Gasteiger partial charge is 0.255 e. The van der Waals surface area contributed by atoms with Crippen LogP contribution in [0.5, 0.6) is 5.75 Å². The topological polar surface area (TPSA) is 84.8 Å². The van der Waals surface area contributed by atoms with E-state index in [0.717, 1.165) is 67.1 Å². The molecule has 0 radical (unpaired) electrons. The molecule has 0 spiro atoms. The SMILES string of the molecule is Cc1cc(N2CCN(c3ccc(C(=O)Nc4ccc(F)cc4F)cc3)CC2)ccc1OC[C@@H]1CO[C@@](Cn2cncn2)(c2ccc(F)cc2F)C1. The number of aryl methyl sites for hydroxylation is 1. The number of carbonyl (C=O) groups is 1. The summed E-state index contributed by atoms with van der Waals surface area (Å²) >= 11 is 0. The quantitative estimate of drug-likeness (QED) is 0.162. The summed E-state index contributed by atoms with van der Waals surface area (Å²) in [4.78, 5) is 21.2. The Morgan fingerprint density at radius 1 is 0.882 bits per heavy atom. The zero-order chi connectivity index (χ0) is 35.5. The Kier molecular flexibility index (Phi) is 9.63. The third-order valence-corrected chi connectivity index (χ3v) is 9.47. The molecule has 7 rings (SSSR count). The number of piperazine rings is 1. The summed E-state index contributed by atoms with van der Waals surface area (Å²) in [6, 6.07) is 19.8. The molecule has 2 aliphatic rings. The van der Waals surface area contributed by atoms with Gasteiger partial charge in [-0.2, -0.15) is 5.10 Å². The Morgan fingerprint density at radius 2 is 1.57 bits per heavy atom. The number of carbonyl (C=O) groups excluding carboxylic acids is 1. The van der Waals surface area contributed by atoms with Crippen LogP contribution in [0.3, 0.4) is 0 Å². The molecule has 3 heterocycles. The van der Waals surface area contributed by atoms with Crippen LogP contribution in [-0.4, -0.2) is 60.1 Å². The van der Waals surface area contributed by atoms with E-state index in [4.69, 9.17) is 9.47 Å². The van der Waals surface area contributed by atoms with E-state index in [0.29, 0.717) is 25.2 Å². The Balaban J connectivity index is 0.927. The minimum absolute atomic E-state index is 0.0358. The van der Waals surface area contributed by atoms with Gasteiger partial charge in [-0.15, -0.1) is 0 Å². The zero-order valence-corrected chi connectivity index (χ0v) is 27.9. The number of hydrogen-bond acceptors (Lipinski definition) is 7. The largest absolute Gasteiger partial charge is 0.493 e. The molecule has 9 nitrogen and oxygen atoms in total. The highest BCUT2D eigenvalue weighted by atomic mass is 19.1. The number of amides is 1. The maximum Gasteiger partial charge on any atom is 0.255 e. The first-order chi connectivity index (χ1) is 24.7. The summed E-state index contributed by atoms with van der Waals surface area (Å²) in [6.45, 7) is 6.08. The Labute approximate surface area is 292 Å². The highest BCUT2D eigenvalue weighted by molar-refractivity contribution is 6.04. The van der Waals surface area contributed by atoms with Crippen LogP contribution in [0.25, 0.3) is 0 Å².